The predicted molar refractivity (Wildman–Crippen MR) is 95.1 cm³/mol. The van der Waals surface area contributed by atoms with Crippen LogP contribution in [0.15, 0.2) is 36.8 Å². The Bertz CT molecular complexity index is 943. The Kier molecular flexibility index (Phi) is 3.00. The second kappa shape index (κ2) is 5.13. The maximum Gasteiger partial charge on any atom is 0.196 e. The van der Waals surface area contributed by atoms with Crippen LogP contribution in [0.2, 0.25) is 0 Å². The van der Waals surface area contributed by atoms with Crippen molar-refractivity contribution in [2.24, 2.45) is 0 Å². The molecule has 6 heteroatoms. The molecule has 0 unspecified atom stereocenters. The van der Waals surface area contributed by atoms with Gasteiger partial charge in [-0.1, -0.05) is 12.1 Å². The minimum Gasteiger partial charge on any atom is -0.381 e. The topological polar surface area (TPSA) is 72.9 Å². The van der Waals surface area contributed by atoms with Crippen molar-refractivity contribution < 1.29 is 0 Å². The average Bonchev–Trinajstić information content (AvgIpc) is 3.15. The van der Waals surface area contributed by atoms with Crippen molar-refractivity contribution in [1.82, 2.24) is 24.6 Å². The standard InChI is InChI=1S/C19H19N6/c1-24-11-14-9-13(3-4-15(14)19(12-24)5-6-19)16-10-21-17(20)18(23-16)25-8-2-7-22-25/h3-4,7-10H,5-6,11-12H2,1H3,(H2,20,21). The first kappa shape index (κ1) is 14.6. The quantitative estimate of drug-likeness (QED) is 0.779. The van der Waals surface area contributed by atoms with Gasteiger partial charge in [-0.2, -0.15) is 5.10 Å². The fourth-order valence-electron chi connectivity index (χ4n) is 3.97. The van der Waals surface area contributed by atoms with Gasteiger partial charge >= 0.3 is 0 Å². The molecule has 6 nitrogen and oxygen atoms in total. The van der Waals surface area contributed by atoms with Crippen LogP contribution in [-0.2, 0) is 12.0 Å². The molecule has 1 aliphatic heterocycles. The van der Waals surface area contributed by atoms with Crippen molar-refractivity contribution in [3.63, 3.8) is 0 Å². The van der Waals surface area contributed by atoms with E-state index >= 15 is 0 Å². The van der Waals surface area contributed by atoms with Crippen molar-refractivity contribution >= 4 is 5.82 Å². The van der Waals surface area contributed by atoms with E-state index in [2.05, 4.69) is 51.3 Å². The van der Waals surface area contributed by atoms with E-state index in [9.17, 15) is 0 Å². The summed E-state index contributed by atoms with van der Waals surface area (Å²) < 4.78 is 1.59. The summed E-state index contributed by atoms with van der Waals surface area (Å²) in [6.07, 6.45) is 7.60. The van der Waals surface area contributed by atoms with Crippen LogP contribution in [0, 0.1) is 6.07 Å². The van der Waals surface area contributed by atoms with Crippen LogP contribution in [-0.4, -0.2) is 38.2 Å². The number of nitrogen functional groups attached to an aromatic ring is 1. The summed E-state index contributed by atoms with van der Waals surface area (Å²) in [7, 11) is 2.20. The fraction of sp³-hybridized carbons (Fsp3) is 0.316. The lowest BCUT2D eigenvalue weighted by Gasteiger charge is -2.32. The van der Waals surface area contributed by atoms with Gasteiger partial charge in [0.25, 0.3) is 0 Å². The van der Waals surface area contributed by atoms with Gasteiger partial charge in [-0.05, 0) is 37.1 Å². The Hall–Kier alpha value is -2.73. The zero-order valence-electron chi connectivity index (χ0n) is 14.1. The molecule has 1 radical (unpaired) electrons. The molecule has 3 aromatic rings. The van der Waals surface area contributed by atoms with E-state index in [4.69, 9.17) is 5.73 Å². The first-order valence-electron chi connectivity index (χ1n) is 8.51. The molecule has 1 fully saturated rings. The molecule has 25 heavy (non-hydrogen) atoms. The molecule has 1 aliphatic carbocycles. The first-order valence-corrected chi connectivity index (χ1v) is 8.51. The lowest BCUT2D eigenvalue weighted by molar-refractivity contribution is 0.271. The molecule has 1 aromatic carbocycles. The molecule has 2 aromatic heterocycles. The molecule has 1 spiro atoms. The second-order valence-corrected chi connectivity index (χ2v) is 7.17. The number of aromatic nitrogens is 4. The van der Waals surface area contributed by atoms with E-state index in [-0.39, 0.29) is 0 Å². The minimum atomic E-state index is 0.357. The van der Waals surface area contributed by atoms with Crippen LogP contribution < -0.4 is 5.73 Å². The minimum absolute atomic E-state index is 0.357. The van der Waals surface area contributed by atoms with E-state index < -0.39 is 0 Å². The molecular weight excluding hydrogens is 312 g/mol. The summed E-state index contributed by atoms with van der Waals surface area (Å²) in [5.41, 5.74) is 11.2. The van der Waals surface area contributed by atoms with Gasteiger partial charge in [0.05, 0.1) is 18.1 Å². The summed E-state index contributed by atoms with van der Waals surface area (Å²) in [4.78, 5) is 11.4. The van der Waals surface area contributed by atoms with Gasteiger partial charge in [0, 0.05) is 36.3 Å². The van der Waals surface area contributed by atoms with Crippen molar-refractivity contribution in [3.8, 4) is 17.1 Å². The summed E-state index contributed by atoms with van der Waals surface area (Å²) in [6, 6.07) is 9.59. The molecule has 0 bridgehead atoms. The molecule has 0 saturated heterocycles. The van der Waals surface area contributed by atoms with Crippen molar-refractivity contribution in [2.45, 2.75) is 24.8 Å². The highest BCUT2D eigenvalue weighted by Gasteiger charge is 2.48. The number of nitrogens with two attached hydrogens (primary N) is 1. The fourth-order valence-corrected chi connectivity index (χ4v) is 3.97. The molecule has 1 saturated carbocycles. The zero-order valence-corrected chi connectivity index (χ0v) is 14.1. The number of fused-ring (bicyclic) bond motifs is 2. The number of rotatable bonds is 2. The molecule has 2 N–H and O–H groups in total. The molecule has 125 valence electrons. The van der Waals surface area contributed by atoms with Crippen LogP contribution in [0.1, 0.15) is 24.0 Å². The number of benzene rings is 1. The zero-order chi connectivity index (χ0) is 17.0. The third-order valence-electron chi connectivity index (χ3n) is 5.29. The number of hydrogen-bond donors (Lipinski definition) is 1. The SMILES string of the molecule is CN1Cc2cc(-c3cnc(N)c(-n4c[c]cn4)n3)ccc2C2(CC2)C1. The van der Waals surface area contributed by atoms with Crippen molar-refractivity contribution in [2.75, 3.05) is 19.3 Å². The van der Waals surface area contributed by atoms with Crippen LogP contribution in [0.3, 0.4) is 0 Å². The molecule has 5 rings (SSSR count). The maximum absolute atomic E-state index is 5.98. The van der Waals surface area contributed by atoms with Gasteiger partial charge in [-0.15, -0.1) is 0 Å². The van der Waals surface area contributed by atoms with Crippen LogP contribution in [0.25, 0.3) is 17.1 Å². The van der Waals surface area contributed by atoms with E-state index in [1.165, 1.54) is 30.5 Å². The molecule has 0 atom stereocenters. The smallest absolute Gasteiger partial charge is 0.196 e. The lowest BCUT2D eigenvalue weighted by atomic mass is 9.86. The van der Waals surface area contributed by atoms with Crippen LogP contribution in [0.4, 0.5) is 5.82 Å². The first-order chi connectivity index (χ1) is 12.1. The number of hydrogen-bond acceptors (Lipinski definition) is 5. The summed E-state index contributed by atoms with van der Waals surface area (Å²) >= 11 is 0. The highest BCUT2D eigenvalue weighted by Crippen LogP contribution is 2.52. The van der Waals surface area contributed by atoms with Gasteiger partial charge in [0.2, 0.25) is 0 Å². The Morgan fingerprint density at radius 2 is 2.16 bits per heavy atom. The van der Waals surface area contributed by atoms with Crippen LogP contribution >= 0.6 is 0 Å². The largest absolute Gasteiger partial charge is 0.381 e. The third kappa shape index (κ3) is 2.33. The van der Waals surface area contributed by atoms with Gasteiger partial charge < -0.3 is 10.6 Å². The van der Waals surface area contributed by atoms with E-state index in [1.807, 2.05) is 0 Å². The normalized spacial score (nSPS) is 18.3. The lowest BCUT2D eigenvalue weighted by Crippen LogP contribution is -2.35. The van der Waals surface area contributed by atoms with E-state index in [0.29, 0.717) is 17.1 Å². The van der Waals surface area contributed by atoms with Gasteiger partial charge in [0.1, 0.15) is 0 Å². The summed E-state index contributed by atoms with van der Waals surface area (Å²) in [5, 5.41) is 4.16. The van der Waals surface area contributed by atoms with E-state index in [0.717, 1.165) is 17.8 Å². The van der Waals surface area contributed by atoms with Crippen LogP contribution in [0.5, 0.6) is 0 Å². The summed E-state index contributed by atoms with van der Waals surface area (Å²) in [6.45, 7) is 2.15. The monoisotopic (exact) mass is 331 g/mol. The van der Waals surface area contributed by atoms with Gasteiger partial charge in [-0.3, -0.25) is 0 Å². The maximum atomic E-state index is 5.98. The number of nitrogens with zero attached hydrogens (tertiary/aromatic N) is 5. The van der Waals surface area contributed by atoms with E-state index in [1.54, 1.807) is 23.3 Å². The van der Waals surface area contributed by atoms with Gasteiger partial charge in [0.15, 0.2) is 11.6 Å². The number of anilines is 1. The molecule has 0 amide bonds. The highest BCUT2D eigenvalue weighted by molar-refractivity contribution is 5.64. The van der Waals surface area contributed by atoms with Crippen molar-refractivity contribution in [1.29, 1.82) is 0 Å². The van der Waals surface area contributed by atoms with Crippen molar-refractivity contribution in [3.05, 3.63) is 54.0 Å². The third-order valence-corrected chi connectivity index (χ3v) is 5.29. The Balaban J connectivity index is 1.59. The van der Waals surface area contributed by atoms with Gasteiger partial charge in [-0.25, -0.2) is 14.6 Å². The molecule has 3 heterocycles. The predicted octanol–water partition coefficient (Wildman–Crippen LogP) is 2.19. The second-order valence-electron chi connectivity index (χ2n) is 7.17. The Morgan fingerprint density at radius 3 is 2.92 bits per heavy atom. The highest BCUT2D eigenvalue weighted by atomic mass is 15.3. The molecule has 2 aliphatic rings. The Morgan fingerprint density at radius 1 is 1.28 bits per heavy atom. The average molecular weight is 331 g/mol. The summed E-state index contributed by atoms with van der Waals surface area (Å²) in [5.74, 6) is 0.891. The number of likely N-dealkylation sites (N-methyl/N-ethyl adjacent to an activating group) is 1. The molecular formula is C19H19N6. The Labute approximate surface area is 146 Å².